The number of methoxy groups -OCH3 is 2. The highest BCUT2D eigenvalue weighted by atomic mass is 16.5. The minimum absolute atomic E-state index is 0.0256. The number of hydrogen-bond donors (Lipinski definition) is 2. The predicted octanol–water partition coefficient (Wildman–Crippen LogP) is 1.88. The Hall–Kier alpha value is -2.34. The lowest BCUT2D eigenvalue weighted by Gasteiger charge is -2.23. The number of aromatic hydroxyl groups is 1. The fraction of sp³-hybridized carbons (Fsp3) is 0.375. The molecule has 1 aliphatic rings. The molecule has 0 fully saturated rings. The SMILES string of the molecule is COc1cc(OC)c2c(c1O)C(=O)C(C[C@H](C)O)=C(C)C2=O. The summed E-state index contributed by atoms with van der Waals surface area (Å²) in [6, 6.07) is 1.37. The van der Waals surface area contributed by atoms with Crippen LogP contribution >= 0.6 is 0 Å². The number of ketones is 2. The van der Waals surface area contributed by atoms with E-state index in [2.05, 4.69) is 0 Å². The van der Waals surface area contributed by atoms with E-state index in [1.165, 1.54) is 34.1 Å². The lowest BCUT2D eigenvalue weighted by Crippen LogP contribution is -2.24. The van der Waals surface area contributed by atoms with Crippen molar-refractivity contribution in [3.8, 4) is 17.2 Å². The largest absolute Gasteiger partial charge is 0.504 e. The third-order valence-corrected chi connectivity index (χ3v) is 3.69. The summed E-state index contributed by atoms with van der Waals surface area (Å²) in [7, 11) is 2.71. The fourth-order valence-electron chi connectivity index (χ4n) is 2.57. The molecule has 2 rings (SSSR count). The molecular formula is C16H18O6. The number of allylic oxidation sites excluding steroid dienone is 1. The molecule has 0 radical (unpaired) electrons. The summed E-state index contributed by atoms with van der Waals surface area (Å²) in [4.78, 5) is 25.2. The highest BCUT2D eigenvalue weighted by Gasteiger charge is 2.36. The highest BCUT2D eigenvalue weighted by molar-refractivity contribution is 6.29. The first-order valence-electron chi connectivity index (χ1n) is 6.78. The number of ether oxygens (including phenoxy) is 2. The zero-order valence-electron chi connectivity index (χ0n) is 12.9. The van der Waals surface area contributed by atoms with Crippen LogP contribution in [0.3, 0.4) is 0 Å². The minimum Gasteiger partial charge on any atom is -0.504 e. The second kappa shape index (κ2) is 5.81. The molecule has 22 heavy (non-hydrogen) atoms. The maximum atomic E-state index is 12.7. The molecule has 2 N–H and O–H groups in total. The van der Waals surface area contributed by atoms with Crippen molar-refractivity contribution in [2.75, 3.05) is 14.2 Å². The Morgan fingerprint density at radius 1 is 1.09 bits per heavy atom. The third kappa shape index (κ3) is 2.35. The second-order valence-electron chi connectivity index (χ2n) is 5.19. The Morgan fingerprint density at radius 3 is 2.18 bits per heavy atom. The van der Waals surface area contributed by atoms with Gasteiger partial charge in [0.2, 0.25) is 0 Å². The molecular weight excluding hydrogens is 288 g/mol. The van der Waals surface area contributed by atoms with Crippen LogP contribution in [0.1, 0.15) is 41.0 Å². The molecule has 0 aromatic heterocycles. The number of hydrogen-bond acceptors (Lipinski definition) is 6. The number of aliphatic hydroxyl groups is 1. The summed E-state index contributed by atoms with van der Waals surface area (Å²) in [5.41, 5.74) is 0.333. The van der Waals surface area contributed by atoms with Crippen molar-refractivity contribution in [2.45, 2.75) is 26.4 Å². The Morgan fingerprint density at radius 2 is 1.68 bits per heavy atom. The molecule has 0 saturated carbocycles. The van der Waals surface area contributed by atoms with Crippen molar-refractivity contribution in [1.29, 1.82) is 0 Å². The lowest BCUT2D eigenvalue weighted by atomic mass is 9.81. The van der Waals surface area contributed by atoms with Crippen LogP contribution in [0, 0.1) is 0 Å². The quantitative estimate of drug-likeness (QED) is 0.882. The van der Waals surface area contributed by atoms with Gasteiger partial charge >= 0.3 is 0 Å². The van der Waals surface area contributed by atoms with Gasteiger partial charge in [-0.05, 0) is 13.8 Å². The van der Waals surface area contributed by atoms with E-state index in [4.69, 9.17) is 9.47 Å². The van der Waals surface area contributed by atoms with Gasteiger partial charge in [-0.15, -0.1) is 0 Å². The van der Waals surface area contributed by atoms with Crippen LogP contribution in [0.5, 0.6) is 17.2 Å². The van der Waals surface area contributed by atoms with Crippen LogP contribution in [0.2, 0.25) is 0 Å². The first kappa shape index (κ1) is 16.0. The van der Waals surface area contributed by atoms with E-state index in [1.807, 2.05) is 0 Å². The number of phenolic OH excluding ortho intramolecular Hbond substituents is 1. The number of Topliss-reactive ketones (excluding diaryl/α,β-unsaturated/α-hetero) is 2. The number of benzene rings is 1. The Labute approximate surface area is 128 Å². The summed E-state index contributed by atoms with van der Waals surface area (Å²) in [5.74, 6) is -1.08. The Kier molecular flexibility index (Phi) is 4.23. The molecule has 0 aliphatic heterocycles. The average molecular weight is 306 g/mol. The van der Waals surface area contributed by atoms with Crippen molar-refractivity contribution in [1.82, 2.24) is 0 Å². The van der Waals surface area contributed by atoms with E-state index in [1.54, 1.807) is 0 Å². The van der Waals surface area contributed by atoms with Crippen LogP contribution in [0.25, 0.3) is 0 Å². The zero-order valence-corrected chi connectivity index (χ0v) is 12.9. The van der Waals surface area contributed by atoms with Crippen molar-refractivity contribution < 1.29 is 29.3 Å². The molecule has 1 atom stereocenters. The number of phenols is 1. The maximum Gasteiger partial charge on any atom is 0.194 e. The molecule has 0 unspecified atom stereocenters. The third-order valence-electron chi connectivity index (χ3n) is 3.69. The van der Waals surface area contributed by atoms with Gasteiger partial charge in [-0.1, -0.05) is 0 Å². The smallest absolute Gasteiger partial charge is 0.194 e. The molecule has 6 heteroatoms. The van der Waals surface area contributed by atoms with Gasteiger partial charge < -0.3 is 19.7 Å². The average Bonchev–Trinajstić information content (AvgIpc) is 2.48. The standard InChI is InChI=1S/C16H18O6/c1-7(17)5-9-8(2)14(18)12-10(21-3)6-11(22-4)16(20)13(12)15(9)19/h6-7,17,20H,5H2,1-4H3/t7-/m0/s1. The molecule has 1 aromatic carbocycles. The lowest BCUT2D eigenvalue weighted by molar-refractivity contribution is 0.0955. The molecule has 0 heterocycles. The van der Waals surface area contributed by atoms with Gasteiger partial charge in [0.05, 0.1) is 31.5 Å². The zero-order chi connectivity index (χ0) is 16.6. The molecule has 0 spiro atoms. The van der Waals surface area contributed by atoms with Crippen LogP contribution in [0.4, 0.5) is 0 Å². The summed E-state index contributed by atoms with van der Waals surface area (Å²) in [6.07, 6.45) is -0.743. The number of carbonyl (C=O) groups is 2. The van der Waals surface area contributed by atoms with Gasteiger partial charge in [-0.2, -0.15) is 0 Å². The van der Waals surface area contributed by atoms with Crippen LogP contribution in [-0.2, 0) is 0 Å². The topological polar surface area (TPSA) is 93.1 Å². The number of fused-ring (bicyclic) bond motifs is 1. The highest BCUT2D eigenvalue weighted by Crippen LogP contribution is 2.44. The van der Waals surface area contributed by atoms with Gasteiger partial charge in [-0.3, -0.25) is 9.59 Å². The first-order chi connectivity index (χ1) is 10.3. The first-order valence-corrected chi connectivity index (χ1v) is 6.78. The summed E-state index contributed by atoms with van der Waals surface area (Å²) in [5, 5.41) is 19.8. The van der Waals surface area contributed by atoms with Crippen LogP contribution < -0.4 is 9.47 Å². The molecule has 1 aliphatic carbocycles. The molecule has 0 bridgehead atoms. The van der Waals surface area contributed by atoms with Gasteiger partial charge in [0.25, 0.3) is 0 Å². The summed E-state index contributed by atoms with van der Waals surface area (Å²) < 4.78 is 10.2. The maximum absolute atomic E-state index is 12.7. The summed E-state index contributed by atoms with van der Waals surface area (Å²) in [6.45, 7) is 3.06. The van der Waals surface area contributed by atoms with Gasteiger partial charge in [0.1, 0.15) is 5.75 Å². The number of carbonyl (C=O) groups excluding carboxylic acids is 2. The minimum atomic E-state index is -0.780. The van der Waals surface area contributed by atoms with E-state index in [-0.39, 0.29) is 40.2 Å². The molecule has 1 aromatic rings. The van der Waals surface area contributed by atoms with Gasteiger partial charge in [0, 0.05) is 23.6 Å². The van der Waals surface area contributed by atoms with Crippen molar-refractivity contribution in [3.05, 3.63) is 28.3 Å². The molecule has 0 saturated heterocycles. The van der Waals surface area contributed by atoms with E-state index in [0.717, 1.165) is 0 Å². The molecule has 118 valence electrons. The monoisotopic (exact) mass is 306 g/mol. The number of rotatable bonds is 4. The molecule has 6 nitrogen and oxygen atoms in total. The van der Waals surface area contributed by atoms with Crippen LogP contribution in [0.15, 0.2) is 17.2 Å². The van der Waals surface area contributed by atoms with Gasteiger partial charge in [0.15, 0.2) is 23.1 Å². The van der Waals surface area contributed by atoms with Crippen molar-refractivity contribution in [2.24, 2.45) is 0 Å². The molecule has 0 amide bonds. The van der Waals surface area contributed by atoms with Crippen LogP contribution in [-0.4, -0.2) is 42.1 Å². The summed E-state index contributed by atoms with van der Waals surface area (Å²) >= 11 is 0. The van der Waals surface area contributed by atoms with E-state index >= 15 is 0 Å². The van der Waals surface area contributed by atoms with E-state index < -0.39 is 23.4 Å². The second-order valence-corrected chi connectivity index (χ2v) is 5.19. The number of aliphatic hydroxyl groups excluding tert-OH is 1. The fourth-order valence-corrected chi connectivity index (χ4v) is 2.57. The van der Waals surface area contributed by atoms with Gasteiger partial charge in [-0.25, -0.2) is 0 Å². The van der Waals surface area contributed by atoms with Crippen molar-refractivity contribution >= 4 is 11.6 Å². The normalized spacial score (nSPS) is 15.7. The van der Waals surface area contributed by atoms with E-state index in [0.29, 0.717) is 0 Å². The predicted molar refractivity (Wildman–Crippen MR) is 78.9 cm³/mol. The van der Waals surface area contributed by atoms with Crippen molar-refractivity contribution in [3.63, 3.8) is 0 Å². The van der Waals surface area contributed by atoms with E-state index in [9.17, 15) is 19.8 Å². The Bertz CT molecular complexity index is 684. The Balaban J connectivity index is 2.76.